The molecule has 3 nitrogen and oxygen atoms in total. The molecule has 0 spiro atoms. The lowest BCUT2D eigenvalue weighted by atomic mass is 9.52. The molecule has 0 unspecified atom stereocenters. The topological polar surface area (TPSA) is 23.6 Å². The number of carbonyl (C=O) groups is 1. The minimum atomic E-state index is 0.221. The molecule has 1 aromatic carbocycles. The van der Waals surface area contributed by atoms with Gasteiger partial charge in [-0.15, -0.1) is 0 Å². The highest BCUT2D eigenvalue weighted by atomic mass is 16.2. The number of nitrogens with zero attached hydrogens (tertiary/aromatic N) is 2. The first kappa shape index (κ1) is 19.6. The van der Waals surface area contributed by atoms with Gasteiger partial charge >= 0.3 is 0 Å². The van der Waals surface area contributed by atoms with Crippen molar-refractivity contribution in [2.75, 3.05) is 19.6 Å². The molecule has 1 aromatic rings. The van der Waals surface area contributed by atoms with Crippen LogP contribution in [0, 0.1) is 17.8 Å². The number of hydrogen-bond acceptors (Lipinski definition) is 2. The van der Waals surface area contributed by atoms with Gasteiger partial charge in [0.2, 0.25) is 5.91 Å². The van der Waals surface area contributed by atoms with E-state index in [2.05, 4.69) is 47.1 Å². The van der Waals surface area contributed by atoms with Crippen molar-refractivity contribution < 1.29 is 4.79 Å². The molecule has 0 radical (unpaired) electrons. The Morgan fingerprint density at radius 1 is 1.00 bits per heavy atom. The van der Waals surface area contributed by atoms with Gasteiger partial charge in [0.15, 0.2) is 0 Å². The number of amides is 1. The molecular formula is C26H38N2O. The summed E-state index contributed by atoms with van der Waals surface area (Å²) in [4.78, 5) is 18.3. The van der Waals surface area contributed by atoms with E-state index >= 15 is 0 Å². The third kappa shape index (κ3) is 3.87. The van der Waals surface area contributed by atoms with Gasteiger partial charge in [-0.2, -0.15) is 0 Å². The highest BCUT2D eigenvalue weighted by Gasteiger charge is 2.55. The van der Waals surface area contributed by atoms with Crippen LogP contribution < -0.4 is 0 Å². The molecule has 3 heteroatoms. The number of benzene rings is 1. The van der Waals surface area contributed by atoms with Crippen molar-refractivity contribution in [2.45, 2.75) is 82.7 Å². The second kappa shape index (κ2) is 8.06. The number of likely N-dealkylation sites (tertiary alicyclic amines) is 1. The summed E-state index contributed by atoms with van der Waals surface area (Å²) in [5, 5.41) is 0. The van der Waals surface area contributed by atoms with Gasteiger partial charge in [0, 0.05) is 37.6 Å². The molecule has 29 heavy (non-hydrogen) atoms. The second-order valence-corrected chi connectivity index (χ2v) is 10.6. The van der Waals surface area contributed by atoms with Crippen LogP contribution in [0.2, 0.25) is 0 Å². The standard InChI is InChI=1S/C26H38N2O/c1-2-25(29)28(26-17-21-14-22(18-26)16-23(15-21)19-26)24-9-12-27(13-10-24)11-8-20-6-4-3-5-7-20/h3-7,21-24H,2,8-19H2,1H3. The highest BCUT2D eigenvalue weighted by molar-refractivity contribution is 5.77. The molecule has 158 valence electrons. The number of piperidine rings is 1. The quantitative estimate of drug-likeness (QED) is 0.685. The zero-order valence-electron chi connectivity index (χ0n) is 18.2. The maximum Gasteiger partial charge on any atom is 0.223 e. The normalized spacial score (nSPS) is 34.4. The number of hydrogen-bond donors (Lipinski definition) is 0. The Morgan fingerprint density at radius 3 is 2.14 bits per heavy atom. The van der Waals surface area contributed by atoms with E-state index in [0.717, 1.165) is 43.8 Å². The average Bonchev–Trinajstić information content (AvgIpc) is 2.73. The molecular weight excluding hydrogens is 356 g/mol. The monoisotopic (exact) mass is 394 g/mol. The van der Waals surface area contributed by atoms with Crippen molar-refractivity contribution in [3.8, 4) is 0 Å². The zero-order chi connectivity index (χ0) is 19.8. The molecule has 4 bridgehead atoms. The molecule has 5 aliphatic rings. The molecule has 0 atom stereocenters. The maximum absolute atomic E-state index is 13.2. The van der Waals surface area contributed by atoms with E-state index in [1.165, 1.54) is 56.9 Å². The maximum atomic E-state index is 13.2. The van der Waals surface area contributed by atoms with Gasteiger partial charge in [-0.25, -0.2) is 0 Å². The second-order valence-electron chi connectivity index (χ2n) is 10.6. The van der Waals surface area contributed by atoms with E-state index in [1.54, 1.807) is 0 Å². The van der Waals surface area contributed by atoms with Crippen LogP contribution in [0.5, 0.6) is 0 Å². The van der Waals surface area contributed by atoms with E-state index in [4.69, 9.17) is 0 Å². The Balaban J connectivity index is 1.24. The molecule has 0 aromatic heterocycles. The predicted octanol–water partition coefficient (Wildman–Crippen LogP) is 4.90. The van der Waals surface area contributed by atoms with Gasteiger partial charge in [0.05, 0.1) is 0 Å². The molecule has 1 aliphatic heterocycles. The lowest BCUT2D eigenvalue weighted by Crippen LogP contribution is -2.65. The minimum Gasteiger partial charge on any atom is -0.334 e. The Bertz CT molecular complexity index is 671. The van der Waals surface area contributed by atoms with E-state index in [-0.39, 0.29) is 5.54 Å². The average molecular weight is 395 g/mol. The molecule has 1 saturated heterocycles. The summed E-state index contributed by atoms with van der Waals surface area (Å²) in [7, 11) is 0. The van der Waals surface area contributed by atoms with Crippen LogP contribution >= 0.6 is 0 Å². The first-order valence-electron chi connectivity index (χ1n) is 12.2. The summed E-state index contributed by atoms with van der Waals surface area (Å²) in [5.74, 6) is 3.15. The van der Waals surface area contributed by atoms with Crippen LogP contribution in [0.15, 0.2) is 30.3 Å². The smallest absolute Gasteiger partial charge is 0.223 e. The largest absolute Gasteiger partial charge is 0.334 e. The van der Waals surface area contributed by atoms with Crippen molar-refractivity contribution >= 4 is 5.91 Å². The summed E-state index contributed by atoms with van der Waals surface area (Å²) in [6.07, 6.45) is 12.4. The van der Waals surface area contributed by atoms with E-state index < -0.39 is 0 Å². The van der Waals surface area contributed by atoms with Crippen molar-refractivity contribution in [3.63, 3.8) is 0 Å². The third-order valence-corrected chi connectivity index (χ3v) is 8.57. The van der Waals surface area contributed by atoms with E-state index in [1.807, 2.05) is 0 Å². The van der Waals surface area contributed by atoms with Crippen LogP contribution in [-0.2, 0) is 11.2 Å². The summed E-state index contributed by atoms with van der Waals surface area (Å²) in [6.45, 7) is 5.52. The van der Waals surface area contributed by atoms with E-state index in [0.29, 0.717) is 18.4 Å². The van der Waals surface area contributed by atoms with Crippen molar-refractivity contribution in [1.29, 1.82) is 0 Å². The van der Waals surface area contributed by atoms with E-state index in [9.17, 15) is 4.79 Å². The zero-order valence-corrected chi connectivity index (χ0v) is 18.2. The van der Waals surface area contributed by atoms with Crippen LogP contribution in [0.4, 0.5) is 0 Å². The van der Waals surface area contributed by atoms with Crippen LogP contribution in [-0.4, -0.2) is 46.9 Å². The molecule has 6 rings (SSSR count). The molecule has 5 fully saturated rings. The predicted molar refractivity (Wildman–Crippen MR) is 118 cm³/mol. The SMILES string of the molecule is CCC(=O)N(C1CCN(CCc2ccccc2)CC1)C12CC3CC(CC(C3)C1)C2. The van der Waals surface area contributed by atoms with Crippen LogP contribution in [0.3, 0.4) is 0 Å². The minimum absolute atomic E-state index is 0.221. The van der Waals surface area contributed by atoms with Crippen molar-refractivity contribution in [3.05, 3.63) is 35.9 Å². The lowest BCUT2D eigenvalue weighted by Gasteiger charge is -2.62. The van der Waals surface area contributed by atoms with Crippen molar-refractivity contribution in [2.24, 2.45) is 17.8 Å². The molecule has 4 aliphatic carbocycles. The Hall–Kier alpha value is -1.35. The third-order valence-electron chi connectivity index (χ3n) is 8.57. The Kier molecular flexibility index (Phi) is 5.45. The highest BCUT2D eigenvalue weighted by Crippen LogP contribution is 2.58. The fraction of sp³-hybridized carbons (Fsp3) is 0.731. The lowest BCUT2D eigenvalue weighted by molar-refractivity contribution is -0.159. The first-order chi connectivity index (χ1) is 14.1. The Morgan fingerprint density at radius 2 is 1.59 bits per heavy atom. The van der Waals surface area contributed by atoms with Gasteiger partial charge in [-0.1, -0.05) is 37.3 Å². The summed E-state index contributed by atoms with van der Waals surface area (Å²) >= 11 is 0. The van der Waals surface area contributed by atoms with Gasteiger partial charge < -0.3 is 9.80 Å². The molecule has 0 N–H and O–H groups in total. The first-order valence-corrected chi connectivity index (χ1v) is 12.2. The Labute approximate surface area is 176 Å². The van der Waals surface area contributed by atoms with Gasteiger partial charge in [-0.05, 0) is 81.1 Å². The number of carbonyl (C=O) groups excluding carboxylic acids is 1. The summed E-state index contributed by atoms with van der Waals surface area (Å²) < 4.78 is 0. The van der Waals surface area contributed by atoms with Gasteiger partial charge in [0.25, 0.3) is 0 Å². The molecule has 1 amide bonds. The fourth-order valence-electron chi connectivity index (χ4n) is 7.72. The van der Waals surface area contributed by atoms with Gasteiger partial charge in [0.1, 0.15) is 0 Å². The van der Waals surface area contributed by atoms with Gasteiger partial charge in [-0.3, -0.25) is 4.79 Å². The van der Waals surface area contributed by atoms with Crippen LogP contribution in [0.1, 0.15) is 70.3 Å². The molecule has 1 heterocycles. The summed E-state index contributed by atoms with van der Waals surface area (Å²) in [6, 6.07) is 11.3. The van der Waals surface area contributed by atoms with Crippen molar-refractivity contribution in [1.82, 2.24) is 9.80 Å². The van der Waals surface area contributed by atoms with Crippen LogP contribution in [0.25, 0.3) is 0 Å². The summed E-state index contributed by atoms with van der Waals surface area (Å²) in [5.41, 5.74) is 1.66. The molecule has 4 saturated carbocycles. The fourth-order valence-corrected chi connectivity index (χ4v) is 7.72. The number of rotatable bonds is 6.